The molecule has 0 aliphatic carbocycles. The largest absolute Gasteiger partial charge is 0.268 e. The minimum absolute atomic E-state index is 0.0240. The normalized spacial score (nSPS) is 11.6. The Morgan fingerprint density at radius 2 is 1.79 bits per heavy atom. The maximum atomic E-state index is 13.5. The fraction of sp³-hybridized carbons (Fsp3) is 0.111. The molecule has 0 amide bonds. The highest BCUT2D eigenvalue weighted by molar-refractivity contribution is 7.93. The highest BCUT2D eigenvalue weighted by Crippen LogP contribution is 2.25. The van der Waals surface area contributed by atoms with Crippen LogP contribution in [-0.4, -0.2) is 24.8 Å². The third-order valence-corrected chi connectivity index (χ3v) is 4.85. The highest BCUT2D eigenvalue weighted by atomic mass is 32.2. The van der Waals surface area contributed by atoms with E-state index in [1.54, 1.807) is 0 Å². The van der Waals surface area contributed by atoms with Gasteiger partial charge in [0.05, 0.1) is 0 Å². The molecule has 0 bridgehead atoms. The highest BCUT2D eigenvalue weighted by Gasteiger charge is 2.28. The summed E-state index contributed by atoms with van der Waals surface area (Å²) in [6.07, 6.45) is 1.12. The SMILES string of the molecule is CN(c1ncns1)S(=O)(=O)c1cc(F)c(F)cc1F. The summed E-state index contributed by atoms with van der Waals surface area (Å²) in [5.41, 5.74) is 0. The molecule has 0 aliphatic heterocycles. The Kier molecular flexibility index (Phi) is 3.45. The lowest BCUT2D eigenvalue weighted by Crippen LogP contribution is -2.27. The van der Waals surface area contributed by atoms with Gasteiger partial charge in [-0.25, -0.2) is 30.9 Å². The van der Waals surface area contributed by atoms with Gasteiger partial charge in [0.25, 0.3) is 10.0 Å². The monoisotopic (exact) mass is 309 g/mol. The van der Waals surface area contributed by atoms with Gasteiger partial charge in [-0.15, -0.1) is 0 Å². The molecule has 0 spiro atoms. The Bertz CT molecular complexity index is 704. The summed E-state index contributed by atoms with van der Waals surface area (Å²) in [5, 5.41) is -0.0240. The zero-order valence-corrected chi connectivity index (χ0v) is 11.0. The van der Waals surface area contributed by atoms with Gasteiger partial charge in [-0.05, 0) is 0 Å². The van der Waals surface area contributed by atoms with E-state index in [1.165, 1.54) is 0 Å². The molecule has 19 heavy (non-hydrogen) atoms. The molecule has 1 aromatic carbocycles. The van der Waals surface area contributed by atoms with Crippen LogP contribution in [0.3, 0.4) is 0 Å². The lowest BCUT2D eigenvalue weighted by molar-refractivity contribution is 0.482. The van der Waals surface area contributed by atoms with Gasteiger partial charge in [-0.2, -0.15) is 4.37 Å². The van der Waals surface area contributed by atoms with Crippen LogP contribution in [-0.2, 0) is 10.0 Å². The standard InChI is InChI=1S/C9H6F3N3O2S2/c1-15(9-13-4-14-18-9)19(16,17)8-3-6(11)5(10)2-7(8)12/h2-4H,1H3. The number of hydrogen-bond donors (Lipinski definition) is 0. The Morgan fingerprint density at radius 3 is 2.37 bits per heavy atom. The van der Waals surface area contributed by atoms with Gasteiger partial charge >= 0.3 is 0 Å². The number of anilines is 1. The van der Waals surface area contributed by atoms with E-state index in [2.05, 4.69) is 9.36 Å². The molecule has 0 aliphatic rings. The van der Waals surface area contributed by atoms with Crippen molar-refractivity contribution < 1.29 is 21.6 Å². The van der Waals surface area contributed by atoms with Gasteiger partial charge in [0.15, 0.2) is 11.6 Å². The summed E-state index contributed by atoms with van der Waals surface area (Å²) in [6, 6.07) is 0.466. The number of halogens is 3. The van der Waals surface area contributed by atoms with Crippen molar-refractivity contribution in [2.24, 2.45) is 0 Å². The van der Waals surface area contributed by atoms with Crippen LogP contribution in [0, 0.1) is 17.5 Å². The predicted octanol–water partition coefficient (Wildman–Crippen LogP) is 1.78. The average molecular weight is 309 g/mol. The van der Waals surface area contributed by atoms with Crippen LogP contribution in [0.4, 0.5) is 18.3 Å². The van der Waals surface area contributed by atoms with Crippen LogP contribution in [0.1, 0.15) is 0 Å². The number of aromatic nitrogens is 2. The van der Waals surface area contributed by atoms with Gasteiger partial charge in [-0.1, -0.05) is 0 Å². The van der Waals surface area contributed by atoms with E-state index in [1.807, 2.05) is 0 Å². The molecule has 0 N–H and O–H groups in total. The van der Waals surface area contributed by atoms with E-state index in [0.29, 0.717) is 4.31 Å². The van der Waals surface area contributed by atoms with Crippen molar-refractivity contribution in [3.8, 4) is 0 Å². The molecule has 10 heteroatoms. The smallest absolute Gasteiger partial charge is 0.243 e. The third kappa shape index (κ3) is 2.40. The second-order valence-electron chi connectivity index (χ2n) is 3.39. The summed E-state index contributed by atoms with van der Waals surface area (Å²) in [4.78, 5) is 2.67. The molecule has 102 valence electrons. The van der Waals surface area contributed by atoms with Crippen molar-refractivity contribution in [3.63, 3.8) is 0 Å². The lowest BCUT2D eigenvalue weighted by atomic mass is 10.3. The second-order valence-corrected chi connectivity index (χ2v) is 6.09. The molecule has 0 radical (unpaired) electrons. The molecule has 2 rings (SSSR count). The number of sulfonamides is 1. The van der Waals surface area contributed by atoms with E-state index in [0.717, 1.165) is 24.9 Å². The van der Waals surface area contributed by atoms with Crippen molar-refractivity contribution in [1.82, 2.24) is 9.36 Å². The van der Waals surface area contributed by atoms with Crippen LogP contribution >= 0.6 is 11.5 Å². The third-order valence-electron chi connectivity index (χ3n) is 2.23. The van der Waals surface area contributed by atoms with E-state index in [-0.39, 0.29) is 17.3 Å². The minimum atomic E-state index is -4.37. The second kappa shape index (κ2) is 4.78. The maximum Gasteiger partial charge on any atom is 0.268 e. The quantitative estimate of drug-likeness (QED) is 0.811. The fourth-order valence-electron chi connectivity index (χ4n) is 1.26. The molecule has 0 unspecified atom stereocenters. The Labute approximate surface area is 110 Å². The van der Waals surface area contributed by atoms with E-state index in [9.17, 15) is 21.6 Å². The van der Waals surface area contributed by atoms with Crippen molar-refractivity contribution >= 4 is 26.7 Å². The molecule has 0 atom stereocenters. The van der Waals surface area contributed by atoms with E-state index in [4.69, 9.17) is 0 Å². The molecule has 0 saturated heterocycles. The zero-order chi connectivity index (χ0) is 14.2. The van der Waals surface area contributed by atoms with Crippen LogP contribution in [0.5, 0.6) is 0 Å². The molecule has 0 saturated carbocycles. The van der Waals surface area contributed by atoms with E-state index < -0.39 is 32.4 Å². The fourth-order valence-corrected chi connectivity index (χ4v) is 3.16. The molecule has 1 heterocycles. The molecule has 2 aromatic rings. The van der Waals surface area contributed by atoms with Crippen LogP contribution in [0.15, 0.2) is 23.4 Å². The zero-order valence-electron chi connectivity index (χ0n) is 9.34. The average Bonchev–Trinajstić information content (AvgIpc) is 2.86. The Balaban J connectivity index is 2.54. The van der Waals surface area contributed by atoms with Crippen molar-refractivity contribution in [1.29, 1.82) is 0 Å². The summed E-state index contributed by atoms with van der Waals surface area (Å²) in [7, 11) is -3.26. The number of benzene rings is 1. The number of rotatable bonds is 3. The van der Waals surface area contributed by atoms with Gasteiger partial charge in [-0.3, -0.25) is 0 Å². The number of hydrogen-bond acceptors (Lipinski definition) is 5. The molecular formula is C9H6F3N3O2S2. The lowest BCUT2D eigenvalue weighted by Gasteiger charge is -2.16. The topological polar surface area (TPSA) is 63.2 Å². The van der Waals surface area contributed by atoms with Crippen LogP contribution in [0.2, 0.25) is 0 Å². The van der Waals surface area contributed by atoms with Gasteiger partial charge < -0.3 is 0 Å². The predicted molar refractivity (Wildman–Crippen MR) is 61.8 cm³/mol. The van der Waals surface area contributed by atoms with Gasteiger partial charge in [0.1, 0.15) is 17.0 Å². The van der Waals surface area contributed by atoms with Crippen molar-refractivity contribution in [3.05, 3.63) is 35.9 Å². The van der Waals surface area contributed by atoms with Crippen molar-refractivity contribution in [2.45, 2.75) is 4.90 Å². The number of nitrogens with zero attached hydrogens (tertiary/aromatic N) is 3. The Morgan fingerprint density at radius 1 is 1.16 bits per heavy atom. The van der Waals surface area contributed by atoms with Crippen LogP contribution in [0.25, 0.3) is 0 Å². The maximum absolute atomic E-state index is 13.5. The van der Waals surface area contributed by atoms with Gasteiger partial charge in [0, 0.05) is 30.7 Å². The molecule has 5 nitrogen and oxygen atoms in total. The summed E-state index contributed by atoms with van der Waals surface area (Å²) >= 11 is 0.761. The Hall–Kier alpha value is -1.68. The summed E-state index contributed by atoms with van der Waals surface area (Å²) in [6.45, 7) is 0. The van der Waals surface area contributed by atoms with E-state index >= 15 is 0 Å². The van der Waals surface area contributed by atoms with Crippen LogP contribution < -0.4 is 4.31 Å². The summed E-state index contributed by atoms with van der Waals surface area (Å²) in [5.74, 6) is -4.30. The van der Waals surface area contributed by atoms with Crippen molar-refractivity contribution in [2.75, 3.05) is 11.4 Å². The molecule has 1 aromatic heterocycles. The first-order valence-electron chi connectivity index (χ1n) is 4.74. The first-order chi connectivity index (χ1) is 8.84. The molecule has 0 fully saturated rings. The first-order valence-corrected chi connectivity index (χ1v) is 6.95. The van der Waals surface area contributed by atoms with Gasteiger partial charge in [0.2, 0.25) is 5.13 Å². The minimum Gasteiger partial charge on any atom is -0.243 e. The first kappa shape index (κ1) is 13.7. The summed E-state index contributed by atoms with van der Waals surface area (Å²) < 4.78 is 67.6. The molecular weight excluding hydrogens is 303 g/mol.